The fourth-order valence-electron chi connectivity index (χ4n) is 2.18. The largest absolute Gasteiger partial charge is 0.373 e. The molecule has 1 aromatic carbocycles. The van der Waals surface area contributed by atoms with E-state index in [9.17, 15) is 14.0 Å². The predicted molar refractivity (Wildman–Crippen MR) is 78.2 cm³/mol. The summed E-state index contributed by atoms with van der Waals surface area (Å²) in [5.74, 6) is -1.63. The molecule has 7 heteroatoms. The molecule has 3 N–H and O–H groups in total. The third-order valence-corrected chi connectivity index (χ3v) is 3.53. The van der Waals surface area contributed by atoms with E-state index in [1.807, 2.05) is 0 Å². The van der Waals surface area contributed by atoms with Crippen LogP contribution in [0.15, 0.2) is 24.3 Å². The van der Waals surface area contributed by atoms with Gasteiger partial charge in [0, 0.05) is 25.7 Å². The van der Waals surface area contributed by atoms with Gasteiger partial charge in [0.05, 0.1) is 12.7 Å². The molecule has 0 spiro atoms. The van der Waals surface area contributed by atoms with Crippen LogP contribution in [0.2, 0.25) is 0 Å². The second-order valence-electron chi connectivity index (χ2n) is 5.33. The number of nitrogens with zero attached hydrogens (tertiary/aromatic N) is 1. The first-order valence-corrected chi connectivity index (χ1v) is 7.16. The van der Waals surface area contributed by atoms with Crippen molar-refractivity contribution >= 4 is 11.8 Å². The lowest BCUT2D eigenvalue weighted by molar-refractivity contribution is -0.151. The van der Waals surface area contributed by atoms with Crippen molar-refractivity contribution in [3.8, 4) is 0 Å². The average Bonchev–Trinajstić information content (AvgIpc) is 2.53. The van der Waals surface area contributed by atoms with Crippen molar-refractivity contribution in [2.45, 2.75) is 25.6 Å². The minimum atomic E-state index is -0.686. The molecule has 120 valence electrons. The zero-order chi connectivity index (χ0) is 16.1. The first kappa shape index (κ1) is 16.4. The number of carbonyl (C=O) groups excluding carboxylic acids is 2. The number of halogens is 1. The first-order valence-electron chi connectivity index (χ1n) is 7.16. The van der Waals surface area contributed by atoms with Gasteiger partial charge in [0.2, 0.25) is 0 Å². The number of nitrogens with one attached hydrogen (secondary N) is 1. The van der Waals surface area contributed by atoms with E-state index in [2.05, 4.69) is 5.32 Å². The summed E-state index contributed by atoms with van der Waals surface area (Å²) in [4.78, 5) is 25.5. The summed E-state index contributed by atoms with van der Waals surface area (Å²) in [6.07, 6.45) is -0.261. The number of ether oxygens (including phenoxy) is 1. The number of amides is 2. The van der Waals surface area contributed by atoms with Crippen LogP contribution in [0, 0.1) is 5.82 Å². The Hall–Kier alpha value is -1.99. The summed E-state index contributed by atoms with van der Waals surface area (Å²) in [5.41, 5.74) is 6.48. The van der Waals surface area contributed by atoms with Gasteiger partial charge in [0.25, 0.3) is 0 Å². The molecule has 1 aliphatic heterocycles. The van der Waals surface area contributed by atoms with E-state index in [0.29, 0.717) is 19.7 Å². The number of carbonyl (C=O) groups is 2. The van der Waals surface area contributed by atoms with Crippen LogP contribution in [0.25, 0.3) is 0 Å². The molecule has 1 saturated heterocycles. The number of hydrogen-bond donors (Lipinski definition) is 2. The molecule has 0 bridgehead atoms. The van der Waals surface area contributed by atoms with E-state index in [1.165, 1.54) is 17.0 Å². The summed E-state index contributed by atoms with van der Waals surface area (Å²) in [6, 6.07) is 5.51. The van der Waals surface area contributed by atoms with Crippen LogP contribution in [0.3, 0.4) is 0 Å². The number of rotatable bonds is 3. The zero-order valence-electron chi connectivity index (χ0n) is 12.4. The minimum absolute atomic E-state index is 0.173. The molecule has 2 atom stereocenters. The predicted octanol–water partition coefficient (Wildman–Crippen LogP) is 0.0165. The molecule has 1 fully saturated rings. The van der Waals surface area contributed by atoms with Gasteiger partial charge in [-0.2, -0.15) is 0 Å². The molecule has 22 heavy (non-hydrogen) atoms. The van der Waals surface area contributed by atoms with E-state index in [1.54, 1.807) is 19.1 Å². The maximum atomic E-state index is 12.8. The Labute approximate surface area is 128 Å². The van der Waals surface area contributed by atoms with E-state index in [-0.39, 0.29) is 24.5 Å². The quantitative estimate of drug-likeness (QED) is 0.771. The molecule has 2 unspecified atom stereocenters. The van der Waals surface area contributed by atoms with Crippen LogP contribution < -0.4 is 11.1 Å². The van der Waals surface area contributed by atoms with E-state index >= 15 is 0 Å². The number of nitrogens with two attached hydrogens (primary N) is 1. The van der Waals surface area contributed by atoms with Crippen molar-refractivity contribution in [2.75, 3.05) is 19.7 Å². The summed E-state index contributed by atoms with van der Waals surface area (Å²) >= 11 is 0. The van der Waals surface area contributed by atoms with Gasteiger partial charge in [-0.05, 0) is 24.6 Å². The summed E-state index contributed by atoms with van der Waals surface area (Å²) in [7, 11) is 0. The van der Waals surface area contributed by atoms with Gasteiger partial charge in [-0.3, -0.25) is 9.59 Å². The summed E-state index contributed by atoms with van der Waals surface area (Å²) in [5, 5.41) is 2.53. The Morgan fingerprint density at radius 3 is 2.77 bits per heavy atom. The second kappa shape index (κ2) is 7.33. The topological polar surface area (TPSA) is 84.7 Å². The monoisotopic (exact) mass is 309 g/mol. The fourth-order valence-corrected chi connectivity index (χ4v) is 2.18. The molecule has 2 amide bonds. The first-order chi connectivity index (χ1) is 10.5. The molecule has 0 aromatic heterocycles. The van der Waals surface area contributed by atoms with Crippen molar-refractivity contribution in [1.29, 1.82) is 0 Å². The van der Waals surface area contributed by atoms with Gasteiger partial charge in [-0.1, -0.05) is 12.1 Å². The van der Waals surface area contributed by atoms with Crippen LogP contribution >= 0.6 is 0 Å². The molecular weight excluding hydrogens is 289 g/mol. The van der Waals surface area contributed by atoms with Gasteiger partial charge < -0.3 is 20.7 Å². The molecule has 1 heterocycles. The van der Waals surface area contributed by atoms with Gasteiger partial charge in [0.1, 0.15) is 5.82 Å². The SMILES string of the molecule is CC(N)C1CN(C(=O)C(=O)NCc2ccc(F)cc2)CCO1. The van der Waals surface area contributed by atoms with Gasteiger partial charge in [-0.25, -0.2) is 4.39 Å². The van der Waals surface area contributed by atoms with Crippen molar-refractivity contribution < 1.29 is 18.7 Å². The molecule has 1 aromatic rings. The van der Waals surface area contributed by atoms with E-state index in [4.69, 9.17) is 10.5 Å². The smallest absolute Gasteiger partial charge is 0.312 e. The molecule has 6 nitrogen and oxygen atoms in total. The highest BCUT2D eigenvalue weighted by Gasteiger charge is 2.29. The Bertz CT molecular complexity index is 533. The van der Waals surface area contributed by atoms with Crippen molar-refractivity contribution in [1.82, 2.24) is 10.2 Å². The summed E-state index contributed by atoms with van der Waals surface area (Å²) < 4.78 is 18.2. The zero-order valence-corrected chi connectivity index (χ0v) is 12.4. The van der Waals surface area contributed by atoms with Gasteiger partial charge >= 0.3 is 11.8 Å². The Morgan fingerprint density at radius 1 is 1.45 bits per heavy atom. The Balaban J connectivity index is 1.86. The highest BCUT2D eigenvalue weighted by Crippen LogP contribution is 2.08. The molecular formula is C15H20FN3O3. The minimum Gasteiger partial charge on any atom is -0.373 e. The van der Waals surface area contributed by atoms with E-state index < -0.39 is 11.8 Å². The molecule has 0 aliphatic carbocycles. The van der Waals surface area contributed by atoms with Crippen molar-refractivity contribution in [3.63, 3.8) is 0 Å². The molecule has 0 saturated carbocycles. The highest BCUT2D eigenvalue weighted by molar-refractivity contribution is 6.35. The Morgan fingerprint density at radius 2 is 2.14 bits per heavy atom. The highest BCUT2D eigenvalue weighted by atomic mass is 19.1. The lowest BCUT2D eigenvalue weighted by atomic mass is 10.1. The van der Waals surface area contributed by atoms with Crippen LogP contribution in [0.5, 0.6) is 0 Å². The normalized spacial score (nSPS) is 19.6. The van der Waals surface area contributed by atoms with Crippen LogP contribution in [-0.2, 0) is 20.9 Å². The second-order valence-corrected chi connectivity index (χ2v) is 5.33. The average molecular weight is 309 g/mol. The maximum Gasteiger partial charge on any atom is 0.312 e. The van der Waals surface area contributed by atoms with Crippen LogP contribution in [-0.4, -0.2) is 48.6 Å². The van der Waals surface area contributed by atoms with Gasteiger partial charge in [0.15, 0.2) is 0 Å². The lowest BCUT2D eigenvalue weighted by Gasteiger charge is -2.34. The van der Waals surface area contributed by atoms with Gasteiger partial charge in [-0.15, -0.1) is 0 Å². The van der Waals surface area contributed by atoms with Crippen molar-refractivity contribution in [2.24, 2.45) is 5.73 Å². The maximum absolute atomic E-state index is 12.8. The number of hydrogen-bond acceptors (Lipinski definition) is 4. The molecule has 0 radical (unpaired) electrons. The molecule has 1 aliphatic rings. The lowest BCUT2D eigenvalue weighted by Crippen LogP contribution is -2.54. The fraction of sp³-hybridized carbons (Fsp3) is 0.467. The third kappa shape index (κ3) is 4.25. The Kier molecular flexibility index (Phi) is 5.46. The van der Waals surface area contributed by atoms with E-state index in [0.717, 1.165) is 5.56 Å². The summed E-state index contributed by atoms with van der Waals surface area (Å²) in [6.45, 7) is 3.01. The third-order valence-electron chi connectivity index (χ3n) is 3.53. The molecule has 2 rings (SSSR count). The van der Waals surface area contributed by atoms with Crippen molar-refractivity contribution in [3.05, 3.63) is 35.6 Å². The number of benzene rings is 1. The standard InChI is InChI=1S/C15H20FN3O3/c1-10(17)13-9-19(6-7-22-13)15(21)14(20)18-8-11-2-4-12(16)5-3-11/h2-5,10,13H,6-9,17H2,1H3,(H,18,20). The van der Waals surface area contributed by atoms with Crippen LogP contribution in [0.1, 0.15) is 12.5 Å². The number of morpholine rings is 1. The van der Waals surface area contributed by atoms with Crippen LogP contribution in [0.4, 0.5) is 4.39 Å².